The third-order valence-electron chi connectivity index (χ3n) is 1.83. The van der Waals surface area contributed by atoms with Gasteiger partial charge in [-0.05, 0) is 0 Å². The van der Waals surface area contributed by atoms with Crippen LogP contribution in [0.2, 0.25) is 0 Å². The molecule has 0 aromatic carbocycles. The van der Waals surface area contributed by atoms with Crippen LogP contribution in [-0.4, -0.2) is 24.1 Å². The Morgan fingerprint density at radius 1 is 1.78 bits per heavy atom. The lowest BCUT2D eigenvalue weighted by molar-refractivity contribution is -0.529. The van der Waals surface area contributed by atoms with Crippen molar-refractivity contribution >= 4 is 0 Å². The van der Waals surface area contributed by atoms with Crippen LogP contribution in [0.15, 0.2) is 0 Å². The van der Waals surface area contributed by atoms with Gasteiger partial charge in [-0.15, -0.1) is 0 Å². The third-order valence-corrected chi connectivity index (χ3v) is 1.83. The van der Waals surface area contributed by atoms with E-state index in [1.165, 1.54) is 0 Å². The molecule has 0 amide bonds. The zero-order valence-corrected chi connectivity index (χ0v) is 5.33. The summed E-state index contributed by atoms with van der Waals surface area (Å²) in [5, 5.41) is 13.1. The average Bonchev–Trinajstić information content (AvgIpc) is 1.60. The summed E-state index contributed by atoms with van der Waals surface area (Å²) in [6, 6.07) is -0.369. The van der Waals surface area contributed by atoms with E-state index in [0.717, 1.165) is 13.1 Å². The van der Waals surface area contributed by atoms with Crippen molar-refractivity contribution in [2.75, 3.05) is 13.1 Å². The SMILES string of the molecule is CC(C1CNC1)[N+](=O)[O-]. The van der Waals surface area contributed by atoms with Crippen LogP contribution in [0.1, 0.15) is 6.92 Å². The highest BCUT2D eigenvalue weighted by Crippen LogP contribution is 2.10. The Balaban J connectivity index is 2.32. The second-order valence-electron chi connectivity index (χ2n) is 2.44. The van der Waals surface area contributed by atoms with E-state index in [1.807, 2.05) is 0 Å². The first-order valence-corrected chi connectivity index (χ1v) is 3.06. The summed E-state index contributed by atoms with van der Waals surface area (Å²) in [5.41, 5.74) is 0. The van der Waals surface area contributed by atoms with E-state index in [1.54, 1.807) is 6.92 Å². The van der Waals surface area contributed by atoms with Gasteiger partial charge < -0.3 is 5.32 Å². The normalized spacial score (nSPS) is 22.8. The first-order valence-electron chi connectivity index (χ1n) is 3.06. The molecule has 1 rings (SSSR count). The van der Waals surface area contributed by atoms with Gasteiger partial charge in [-0.25, -0.2) is 0 Å². The minimum absolute atomic E-state index is 0.217. The second kappa shape index (κ2) is 2.31. The largest absolute Gasteiger partial charge is 0.316 e. The number of hydrogen-bond acceptors (Lipinski definition) is 3. The molecule has 52 valence electrons. The molecule has 1 unspecified atom stereocenters. The van der Waals surface area contributed by atoms with Crippen LogP contribution < -0.4 is 5.32 Å². The highest BCUT2D eigenvalue weighted by molar-refractivity contribution is 4.78. The fourth-order valence-electron chi connectivity index (χ4n) is 0.824. The highest BCUT2D eigenvalue weighted by Gasteiger charge is 2.30. The van der Waals surface area contributed by atoms with Crippen LogP contribution in [0.3, 0.4) is 0 Å². The molecule has 9 heavy (non-hydrogen) atoms. The smallest absolute Gasteiger partial charge is 0.215 e. The predicted octanol–water partition coefficient (Wildman–Crippen LogP) is -0.129. The molecule has 1 fully saturated rings. The van der Waals surface area contributed by atoms with Crippen LogP contribution >= 0.6 is 0 Å². The van der Waals surface area contributed by atoms with Gasteiger partial charge in [0.25, 0.3) is 0 Å². The molecule has 0 saturated carbocycles. The quantitative estimate of drug-likeness (QED) is 0.418. The van der Waals surface area contributed by atoms with E-state index >= 15 is 0 Å². The Morgan fingerprint density at radius 3 is 2.44 bits per heavy atom. The van der Waals surface area contributed by atoms with E-state index in [9.17, 15) is 10.1 Å². The summed E-state index contributed by atoms with van der Waals surface area (Å²) >= 11 is 0. The molecule has 4 nitrogen and oxygen atoms in total. The molecule has 0 spiro atoms. The van der Waals surface area contributed by atoms with Crippen molar-refractivity contribution in [1.82, 2.24) is 5.32 Å². The number of hydrogen-bond donors (Lipinski definition) is 1. The summed E-state index contributed by atoms with van der Waals surface area (Å²) in [4.78, 5) is 9.89. The van der Waals surface area contributed by atoms with Gasteiger partial charge in [0.1, 0.15) is 0 Å². The molecule has 1 saturated heterocycles. The summed E-state index contributed by atoms with van der Waals surface area (Å²) in [6.07, 6.45) is 0. The van der Waals surface area contributed by atoms with Crippen molar-refractivity contribution in [2.45, 2.75) is 13.0 Å². The standard InChI is InChI=1S/C5H10N2O2/c1-4(7(8)9)5-2-6-3-5/h4-6H,2-3H2,1H3. The van der Waals surface area contributed by atoms with Crippen molar-refractivity contribution < 1.29 is 4.92 Å². The lowest BCUT2D eigenvalue weighted by atomic mass is 9.96. The Hall–Kier alpha value is -0.640. The fourth-order valence-corrected chi connectivity index (χ4v) is 0.824. The fraction of sp³-hybridized carbons (Fsp3) is 1.00. The van der Waals surface area contributed by atoms with Gasteiger partial charge in [0.05, 0.1) is 5.92 Å². The lowest BCUT2D eigenvalue weighted by Crippen LogP contribution is -2.49. The van der Waals surface area contributed by atoms with Crippen molar-refractivity contribution in [3.63, 3.8) is 0 Å². The predicted molar refractivity (Wildman–Crippen MR) is 32.8 cm³/mol. The maximum atomic E-state index is 10.1. The summed E-state index contributed by atoms with van der Waals surface area (Å²) in [5.74, 6) is 0.264. The summed E-state index contributed by atoms with van der Waals surface area (Å²) in [6.45, 7) is 3.27. The van der Waals surface area contributed by atoms with Crippen molar-refractivity contribution in [3.05, 3.63) is 10.1 Å². The van der Waals surface area contributed by atoms with E-state index < -0.39 is 0 Å². The lowest BCUT2D eigenvalue weighted by Gasteiger charge is -2.27. The summed E-state index contributed by atoms with van der Waals surface area (Å²) < 4.78 is 0. The molecule has 0 radical (unpaired) electrons. The maximum absolute atomic E-state index is 10.1. The maximum Gasteiger partial charge on any atom is 0.215 e. The van der Waals surface area contributed by atoms with E-state index in [0.29, 0.717) is 0 Å². The molecule has 0 aliphatic carbocycles. The number of nitro groups is 1. The Labute approximate surface area is 53.4 Å². The Kier molecular flexibility index (Phi) is 1.66. The van der Waals surface area contributed by atoms with Crippen LogP contribution in [0.5, 0.6) is 0 Å². The first-order chi connectivity index (χ1) is 4.22. The van der Waals surface area contributed by atoms with Gasteiger partial charge in [-0.3, -0.25) is 10.1 Å². The third kappa shape index (κ3) is 1.18. The molecular formula is C5H10N2O2. The summed E-state index contributed by atoms with van der Waals surface area (Å²) in [7, 11) is 0. The van der Waals surface area contributed by atoms with Gasteiger partial charge in [0, 0.05) is 24.9 Å². The van der Waals surface area contributed by atoms with Gasteiger partial charge in [-0.1, -0.05) is 0 Å². The van der Waals surface area contributed by atoms with Gasteiger partial charge in [-0.2, -0.15) is 0 Å². The van der Waals surface area contributed by atoms with Gasteiger partial charge in [0.15, 0.2) is 0 Å². The molecule has 4 heteroatoms. The topological polar surface area (TPSA) is 55.2 Å². The van der Waals surface area contributed by atoms with Crippen LogP contribution in [-0.2, 0) is 0 Å². The van der Waals surface area contributed by atoms with Crippen molar-refractivity contribution in [2.24, 2.45) is 5.92 Å². The molecule has 1 N–H and O–H groups in total. The zero-order chi connectivity index (χ0) is 6.85. The molecule has 1 heterocycles. The molecule has 0 aromatic heterocycles. The molecule has 1 aliphatic heterocycles. The average molecular weight is 130 g/mol. The number of nitrogens with zero attached hydrogens (tertiary/aromatic N) is 1. The number of rotatable bonds is 2. The second-order valence-corrected chi connectivity index (χ2v) is 2.44. The van der Waals surface area contributed by atoms with E-state index in [4.69, 9.17) is 0 Å². The Bertz CT molecular complexity index is 122. The first kappa shape index (κ1) is 6.48. The minimum atomic E-state index is -0.369. The van der Waals surface area contributed by atoms with Gasteiger partial charge in [0.2, 0.25) is 6.04 Å². The van der Waals surface area contributed by atoms with Crippen molar-refractivity contribution in [3.8, 4) is 0 Å². The van der Waals surface area contributed by atoms with Crippen LogP contribution in [0.25, 0.3) is 0 Å². The zero-order valence-electron chi connectivity index (χ0n) is 5.33. The molecule has 0 bridgehead atoms. The molecule has 1 aliphatic rings. The Morgan fingerprint density at radius 2 is 2.33 bits per heavy atom. The number of nitrogens with one attached hydrogen (secondary N) is 1. The van der Waals surface area contributed by atoms with Crippen molar-refractivity contribution in [1.29, 1.82) is 0 Å². The molecular weight excluding hydrogens is 120 g/mol. The van der Waals surface area contributed by atoms with Crippen LogP contribution in [0, 0.1) is 16.0 Å². The van der Waals surface area contributed by atoms with Crippen LogP contribution in [0.4, 0.5) is 0 Å². The van der Waals surface area contributed by atoms with Gasteiger partial charge >= 0.3 is 0 Å². The molecule has 0 aromatic rings. The monoisotopic (exact) mass is 130 g/mol. The highest BCUT2D eigenvalue weighted by atomic mass is 16.6. The minimum Gasteiger partial charge on any atom is -0.316 e. The molecule has 1 atom stereocenters. The van der Waals surface area contributed by atoms with E-state index in [-0.39, 0.29) is 16.9 Å². The van der Waals surface area contributed by atoms with E-state index in [2.05, 4.69) is 5.32 Å².